The van der Waals surface area contributed by atoms with Gasteiger partial charge >= 0.3 is 0 Å². The molecule has 0 spiro atoms. The predicted molar refractivity (Wildman–Crippen MR) is 98.4 cm³/mol. The van der Waals surface area contributed by atoms with Gasteiger partial charge in [-0.15, -0.1) is 0 Å². The Kier molecular flexibility index (Phi) is 5.54. The second-order valence-corrected chi connectivity index (χ2v) is 6.84. The fourth-order valence-corrected chi connectivity index (χ4v) is 3.29. The summed E-state index contributed by atoms with van der Waals surface area (Å²) in [7, 11) is 2.10. The van der Waals surface area contributed by atoms with Crippen LogP contribution < -0.4 is 0 Å². The van der Waals surface area contributed by atoms with Gasteiger partial charge in [0, 0.05) is 43.5 Å². The molecular formula is C20H23ClN2O. The minimum Gasteiger partial charge on any atom is -0.340 e. The number of carbonyl (C=O) groups excluding carboxylic acids is 1. The van der Waals surface area contributed by atoms with Crippen molar-refractivity contribution in [2.75, 3.05) is 33.2 Å². The van der Waals surface area contributed by atoms with Crippen LogP contribution in [-0.4, -0.2) is 48.9 Å². The molecule has 1 amide bonds. The third-order valence-corrected chi connectivity index (χ3v) is 4.96. The third-order valence-electron chi connectivity index (χ3n) is 4.71. The topological polar surface area (TPSA) is 23.6 Å². The van der Waals surface area contributed by atoms with Gasteiger partial charge in [-0.25, -0.2) is 0 Å². The van der Waals surface area contributed by atoms with E-state index in [-0.39, 0.29) is 11.8 Å². The Morgan fingerprint density at radius 3 is 2.17 bits per heavy atom. The summed E-state index contributed by atoms with van der Waals surface area (Å²) in [6.45, 7) is 3.53. The smallest absolute Gasteiger partial charge is 0.223 e. The van der Waals surface area contributed by atoms with Gasteiger partial charge in [0.1, 0.15) is 0 Å². The first-order chi connectivity index (χ1) is 11.6. The standard InChI is InChI=1S/C20H23ClN2O/c1-22-11-13-23(14-12-22)20(24)15-19(16-5-3-2-4-6-16)17-7-9-18(21)10-8-17/h2-10,19H,11-15H2,1H3/t19-/m1/s1. The number of nitrogens with zero attached hydrogens (tertiary/aromatic N) is 2. The highest BCUT2D eigenvalue weighted by molar-refractivity contribution is 6.30. The maximum atomic E-state index is 12.8. The summed E-state index contributed by atoms with van der Waals surface area (Å²) < 4.78 is 0. The summed E-state index contributed by atoms with van der Waals surface area (Å²) in [5.74, 6) is 0.294. The molecule has 126 valence electrons. The Bertz CT molecular complexity index is 664. The van der Waals surface area contributed by atoms with Gasteiger partial charge in [-0.05, 0) is 30.3 Å². The van der Waals surface area contributed by atoms with Crippen LogP contribution in [0, 0.1) is 0 Å². The first kappa shape index (κ1) is 17.0. The molecule has 4 heteroatoms. The first-order valence-electron chi connectivity index (χ1n) is 8.40. The van der Waals surface area contributed by atoms with Crippen molar-refractivity contribution in [1.29, 1.82) is 0 Å². The molecule has 1 saturated heterocycles. The maximum absolute atomic E-state index is 12.8. The van der Waals surface area contributed by atoms with Crippen molar-refractivity contribution in [3.8, 4) is 0 Å². The molecule has 0 bridgehead atoms. The molecule has 3 rings (SSSR count). The zero-order valence-electron chi connectivity index (χ0n) is 14.0. The molecule has 1 fully saturated rings. The van der Waals surface area contributed by atoms with Crippen LogP contribution in [-0.2, 0) is 4.79 Å². The van der Waals surface area contributed by atoms with E-state index in [4.69, 9.17) is 11.6 Å². The quantitative estimate of drug-likeness (QED) is 0.847. The van der Waals surface area contributed by atoms with Crippen molar-refractivity contribution < 1.29 is 4.79 Å². The average Bonchev–Trinajstić information content (AvgIpc) is 2.62. The van der Waals surface area contributed by atoms with E-state index in [2.05, 4.69) is 24.1 Å². The Hall–Kier alpha value is -1.84. The summed E-state index contributed by atoms with van der Waals surface area (Å²) in [4.78, 5) is 17.1. The molecular weight excluding hydrogens is 320 g/mol. The minimum absolute atomic E-state index is 0.0654. The van der Waals surface area contributed by atoms with Gasteiger partial charge in [0.05, 0.1) is 0 Å². The minimum atomic E-state index is 0.0654. The molecule has 1 atom stereocenters. The van der Waals surface area contributed by atoms with Gasteiger partial charge in [-0.1, -0.05) is 54.1 Å². The molecule has 1 aliphatic rings. The van der Waals surface area contributed by atoms with Gasteiger partial charge in [-0.2, -0.15) is 0 Å². The molecule has 0 aromatic heterocycles. The number of likely N-dealkylation sites (N-methyl/N-ethyl adjacent to an activating group) is 1. The van der Waals surface area contributed by atoms with Crippen molar-refractivity contribution in [2.45, 2.75) is 12.3 Å². The number of rotatable bonds is 4. The number of piperazine rings is 1. The number of carbonyl (C=O) groups is 1. The second kappa shape index (κ2) is 7.82. The summed E-state index contributed by atoms with van der Waals surface area (Å²) in [6.07, 6.45) is 0.495. The van der Waals surface area contributed by atoms with Crippen LogP contribution in [0.4, 0.5) is 0 Å². The van der Waals surface area contributed by atoms with E-state index in [1.54, 1.807) is 0 Å². The summed E-state index contributed by atoms with van der Waals surface area (Å²) in [5.41, 5.74) is 2.30. The number of hydrogen-bond donors (Lipinski definition) is 0. The molecule has 3 nitrogen and oxygen atoms in total. The highest BCUT2D eigenvalue weighted by Gasteiger charge is 2.24. The van der Waals surface area contributed by atoms with Crippen LogP contribution in [0.25, 0.3) is 0 Å². The Morgan fingerprint density at radius 1 is 0.958 bits per heavy atom. The molecule has 0 radical (unpaired) electrons. The number of halogens is 1. The van der Waals surface area contributed by atoms with E-state index in [0.717, 1.165) is 36.8 Å². The Morgan fingerprint density at radius 2 is 1.54 bits per heavy atom. The first-order valence-corrected chi connectivity index (χ1v) is 8.78. The van der Waals surface area contributed by atoms with Crippen molar-refractivity contribution >= 4 is 17.5 Å². The lowest BCUT2D eigenvalue weighted by molar-refractivity contribution is -0.133. The highest BCUT2D eigenvalue weighted by atomic mass is 35.5. The fraction of sp³-hybridized carbons (Fsp3) is 0.350. The second-order valence-electron chi connectivity index (χ2n) is 6.40. The van der Waals surface area contributed by atoms with Gasteiger partial charge < -0.3 is 9.80 Å². The van der Waals surface area contributed by atoms with E-state index in [1.165, 1.54) is 5.56 Å². The molecule has 0 aliphatic carbocycles. The average molecular weight is 343 g/mol. The van der Waals surface area contributed by atoms with Crippen molar-refractivity contribution in [3.63, 3.8) is 0 Å². The zero-order valence-corrected chi connectivity index (χ0v) is 14.7. The van der Waals surface area contributed by atoms with Gasteiger partial charge in [-0.3, -0.25) is 4.79 Å². The SMILES string of the molecule is CN1CCN(C(=O)C[C@H](c2ccccc2)c2ccc(Cl)cc2)CC1. The maximum Gasteiger partial charge on any atom is 0.223 e. The van der Waals surface area contributed by atoms with Crippen LogP contribution in [0.3, 0.4) is 0 Å². The van der Waals surface area contributed by atoms with E-state index >= 15 is 0 Å². The molecule has 0 unspecified atom stereocenters. The largest absolute Gasteiger partial charge is 0.340 e. The molecule has 1 heterocycles. The molecule has 2 aromatic carbocycles. The molecule has 2 aromatic rings. The van der Waals surface area contributed by atoms with Crippen molar-refractivity contribution in [3.05, 3.63) is 70.7 Å². The van der Waals surface area contributed by atoms with Gasteiger partial charge in [0.25, 0.3) is 0 Å². The van der Waals surface area contributed by atoms with Crippen molar-refractivity contribution in [2.24, 2.45) is 0 Å². The molecule has 24 heavy (non-hydrogen) atoms. The number of hydrogen-bond acceptors (Lipinski definition) is 2. The summed E-state index contributed by atoms with van der Waals surface area (Å²) in [5, 5.41) is 0.718. The number of benzene rings is 2. The van der Waals surface area contributed by atoms with Crippen molar-refractivity contribution in [1.82, 2.24) is 9.80 Å². The predicted octanol–water partition coefficient (Wildman–Crippen LogP) is 3.64. The van der Waals surface area contributed by atoms with Crippen LogP contribution in [0.1, 0.15) is 23.5 Å². The van der Waals surface area contributed by atoms with E-state index in [1.807, 2.05) is 47.4 Å². The van der Waals surface area contributed by atoms with E-state index in [9.17, 15) is 4.79 Å². The monoisotopic (exact) mass is 342 g/mol. The third kappa shape index (κ3) is 4.16. The van der Waals surface area contributed by atoms with Crippen LogP contribution in [0.15, 0.2) is 54.6 Å². The van der Waals surface area contributed by atoms with Crippen LogP contribution >= 0.6 is 11.6 Å². The van der Waals surface area contributed by atoms with Gasteiger partial charge in [0.15, 0.2) is 0 Å². The molecule has 0 N–H and O–H groups in total. The summed E-state index contributed by atoms with van der Waals surface area (Å²) in [6, 6.07) is 18.1. The van der Waals surface area contributed by atoms with Crippen LogP contribution in [0.5, 0.6) is 0 Å². The fourth-order valence-electron chi connectivity index (χ4n) is 3.17. The van der Waals surface area contributed by atoms with E-state index < -0.39 is 0 Å². The molecule has 1 aliphatic heterocycles. The van der Waals surface area contributed by atoms with Gasteiger partial charge in [0.2, 0.25) is 5.91 Å². The summed E-state index contributed by atoms with van der Waals surface area (Å²) >= 11 is 6.02. The molecule has 0 saturated carbocycles. The van der Waals surface area contributed by atoms with Crippen LogP contribution in [0.2, 0.25) is 5.02 Å². The van der Waals surface area contributed by atoms with E-state index in [0.29, 0.717) is 6.42 Å². The normalized spacial score (nSPS) is 16.8. The zero-order chi connectivity index (χ0) is 16.9. The Labute approximate surface area is 148 Å². The lowest BCUT2D eigenvalue weighted by Gasteiger charge is -2.33. The Balaban J connectivity index is 1.80. The number of amides is 1. The highest BCUT2D eigenvalue weighted by Crippen LogP contribution is 2.29. The lowest BCUT2D eigenvalue weighted by Crippen LogP contribution is -2.47. The lowest BCUT2D eigenvalue weighted by atomic mass is 9.88.